The van der Waals surface area contributed by atoms with E-state index < -0.39 is 6.10 Å². The topological polar surface area (TPSA) is 37.3 Å². The minimum Gasteiger partial charge on any atom is -0.388 e. The molecule has 1 aromatic rings. The van der Waals surface area contributed by atoms with E-state index in [0.717, 1.165) is 18.4 Å². The van der Waals surface area contributed by atoms with E-state index >= 15 is 0 Å². The van der Waals surface area contributed by atoms with Crippen LogP contribution in [0.5, 0.6) is 0 Å². The van der Waals surface area contributed by atoms with Gasteiger partial charge in [-0.1, -0.05) is 51.1 Å². The lowest BCUT2D eigenvalue weighted by molar-refractivity contribution is -0.131. The summed E-state index contributed by atoms with van der Waals surface area (Å²) in [6.07, 6.45) is 1.72. The second-order valence-electron chi connectivity index (χ2n) is 6.77. The molecule has 0 amide bonds. The zero-order valence-corrected chi connectivity index (χ0v) is 12.1. The fourth-order valence-electron chi connectivity index (χ4n) is 3.03. The number of rotatable bonds is 2. The molecule has 2 heteroatoms. The minimum atomic E-state index is -0.654. The largest absolute Gasteiger partial charge is 0.388 e. The van der Waals surface area contributed by atoms with Crippen LogP contribution in [0.25, 0.3) is 0 Å². The first-order chi connectivity index (χ1) is 8.89. The summed E-state index contributed by atoms with van der Waals surface area (Å²) in [4.78, 5) is 12.1. The Bertz CT molecular complexity index is 430. The van der Waals surface area contributed by atoms with Gasteiger partial charge >= 0.3 is 0 Å². The lowest BCUT2D eigenvalue weighted by Crippen LogP contribution is -2.35. The molecule has 19 heavy (non-hydrogen) atoms. The quantitative estimate of drug-likeness (QED) is 0.879. The van der Waals surface area contributed by atoms with Gasteiger partial charge in [0.05, 0.1) is 6.10 Å². The molecule has 0 spiro atoms. The molecule has 2 rings (SSSR count). The molecule has 0 aliphatic heterocycles. The molecule has 0 aromatic heterocycles. The van der Waals surface area contributed by atoms with Gasteiger partial charge in [-0.2, -0.15) is 0 Å². The van der Waals surface area contributed by atoms with Crippen LogP contribution >= 0.6 is 0 Å². The normalized spacial score (nSPS) is 26.2. The molecule has 1 aliphatic rings. The highest BCUT2D eigenvalue weighted by atomic mass is 16.3. The first kappa shape index (κ1) is 14.3. The average Bonchev–Trinajstić information content (AvgIpc) is 2.38. The Balaban J connectivity index is 2.16. The molecule has 1 aliphatic carbocycles. The van der Waals surface area contributed by atoms with Gasteiger partial charge in [-0.3, -0.25) is 4.79 Å². The lowest BCUT2D eigenvalue weighted by atomic mass is 9.67. The Morgan fingerprint density at radius 2 is 1.84 bits per heavy atom. The molecule has 0 heterocycles. The molecule has 1 saturated carbocycles. The molecule has 0 unspecified atom stereocenters. The Morgan fingerprint density at radius 1 is 1.21 bits per heavy atom. The Kier molecular flexibility index (Phi) is 4.10. The molecule has 0 bridgehead atoms. The van der Waals surface area contributed by atoms with Gasteiger partial charge in [-0.25, -0.2) is 0 Å². The van der Waals surface area contributed by atoms with E-state index in [0.29, 0.717) is 12.3 Å². The van der Waals surface area contributed by atoms with Crippen LogP contribution < -0.4 is 0 Å². The molecule has 2 nitrogen and oxygen atoms in total. The van der Waals surface area contributed by atoms with Crippen molar-refractivity contribution in [2.75, 3.05) is 0 Å². The maximum atomic E-state index is 12.1. The summed E-state index contributed by atoms with van der Waals surface area (Å²) >= 11 is 0. The van der Waals surface area contributed by atoms with Gasteiger partial charge in [-0.15, -0.1) is 0 Å². The summed E-state index contributed by atoms with van der Waals surface area (Å²) in [5, 5.41) is 10.5. The van der Waals surface area contributed by atoms with Gasteiger partial charge in [-0.05, 0) is 29.7 Å². The van der Waals surface area contributed by atoms with Gasteiger partial charge in [0.2, 0.25) is 0 Å². The van der Waals surface area contributed by atoms with Crippen molar-refractivity contribution in [3.05, 3.63) is 35.9 Å². The maximum Gasteiger partial charge on any atom is 0.138 e. The van der Waals surface area contributed by atoms with Crippen molar-refractivity contribution in [2.24, 2.45) is 17.3 Å². The summed E-state index contributed by atoms with van der Waals surface area (Å²) in [7, 11) is 0. The highest BCUT2D eigenvalue weighted by Crippen LogP contribution is 2.42. The highest BCUT2D eigenvalue weighted by molar-refractivity contribution is 5.82. The van der Waals surface area contributed by atoms with Gasteiger partial charge in [0.15, 0.2) is 0 Å². The number of carbonyl (C=O) groups excluding carboxylic acids is 1. The molecule has 1 aromatic carbocycles. The van der Waals surface area contributed by atoms with E-state index in [1.54, 1.807) is 0 Å². The van der Waals surface area contributed by atoms with Crippen LogP contribution in [-0.4, -0.2) is 10.9 Å². The second kappa shape index (κ2) is 5.46. The Morgan fingerprint density at radius 3 is 2.42 bits per heavy atom. The van der Waals surface area contributed by atoms with Crippen molar-refractivity contribution in [1.82, 2.24) is 0 Å². The van der Waals surface area contributed by atoms with Crippen LogP contribution in [-0.2, 0) is 4.79 Å². The van der Waals surface area contributed by atoms with Crippen LogP contribution in [0.4, 0.5) is 0 Å². The van der Waals surface area contributed by atoms with Gasteiger partial charge in [0.1, 0.15) is 5.78 Å². The molecule has 3 atom stereocenters. The predicted molar refractivity (Wildman–Crippen MR) is 76.7 cm³/mol. The van der Waals surface area contributed by atoms with Gasteiger partial charge < -0.3 is 5.11 Å². The van der Waals surface area contributed by atoms with Crippen molar-refractivity contribution >= 4 is 5.78 Å². The van der Waals surface area contributed by atoms with Gasteiger partial charge in [0.25, 0.3) is 0 Å². The zero-order valence-electron chi connectivity index (χ0n) is 12.1. The number of hydrogen-bond donors (Lipinski definition) is 1. The average molecular weight is 260 g/mol. The van der Waals surface area contributed by atoms with E-state index in [4.69, 9.17) is 0 Å². The molecule has 0 saturated heterocycles. The third kappa shape index (κ3) is 3.24. The summed E-state index contributed by atoms with van der Waals surface area (Å²) < 4.78 is 0. The summed E-state index contributed by atoms with van der Waals surface area (Å²) in [5.74, 6) is 0.491. The summed E-state index contributed by atoms with van der Waals surface area (Å²) in [5.41, 5.74) is 1.06. The summed E-state index contributed by atoms with van der Waals surface area (Å²) in [6.45, 7) is 6.66. The first-order valence-electron chi connectivity index (χ1n) is 7.15. The van der Waals surface area contributed by atoms with Crippen molar-refractivity contribution in [1.29, 1.82) is 0 Å². The molecular formula is C17H24O2. The number of aliphatic hydroxyl groups excluding tert-OH is 1. The number of aliphatic hydroxyl groups is 1. The number of hydrogen-bond acceptors (Lipinski definition) is 2. The van der Waals surface area contributed by atoms with E-state index in [1.165, 1.54) is 0 Å². The van der Waals surface area contributed by atoms with Crippen molar-refractivity contribution < 1.29 is 9.90 Å². The number of Topliss-reactive ketones (excluding diaryl/α,β-unsaturated/α-hetero) is 1. The van der Waals surface area contributed by atoms with Crippen molar-refractivity contribution in [3.8, 4) is 0 Å². The monoisotopic (exact) mass is 260 g/mol. The van der Waals surface area contributed by atoms with Crippen molar-refractivity contribution in [2.45, 2.75) is 46.1 Å². The van der Waals surface area contributed by atoms with Crippen LogP contribution in [0.3, 0.4) is 0 Å². The van der Waals surface area contributed by atoms with Crippen molar-refractivity contribution in [3.63, 3.8) is 0 Å². The SMILES string of the molecule is CC(C)(C)[C@H]1CCC(=O)[C@H]([C@@H](O)c2ccccc2)C1. The van der Waals surface area contributed by atoms with E-state index in [2.05, 4.69) is 20.8 Å². The Hall–Kier alpha value is -1.15. The Labute approximate surface area is 115 Å². The standard InChI is InChI=1S/C17H24O2/c1-17(2,3)13-9-10-15(18)14(11-13)16(19)12-7-5-4-6-8-12/h4-8,13-14,16,19H,9-11H2,1-3H3/t13-,14+,16-/m0/s1. The summed E-state index contributed by atoms with van der Waals surface area (Å²) in [6, 6.07) is 9.55. The minimum absolute atomic E-state index is 0.204. The molecule has 1 N–H and O–H groups in total. The van der Waals surface area contributed by atoms with E-state index in [9.17, 15) is 9.90 Å². The van der Waals surface area contributed by atoms with Crippen LogP contribution in [0, 0.1) is 17.3 Å². The molecular weight excluding hydrogens is 236 g/mol. The van der Waals surface area contributed by atoms with E-state index in [-0.39, 0.29) is 17.1 Å². The fourth-order valence-corrected chi connectivity index (χ4v) is 3.03. The van der Waals surface area contributed by atoms with Crippen LogP contribution in [0.1, 0.15) is 51.7 Å². The number of carbonyl (C=O) groups is 1. The zero-order chi connectivity index (χ0) is 14.0. The lowest BCUT2D eigenvalue weighted by Gasteiger charge is -2.38. The predicted octanol–water partition coefficient (Wildman–Crippen LogP) is 3.75. The molecule has 104 valence electrons. The maximum absolute atomic E-state index is 12.1. The highest BCUT2D eigenvalue weighted by Gasteiger charge is 2.38. The third-order valence-electron chi connectivity index (χ3n) is 4.44. The first-order valence-corrected chi connectivity index (χ1v) is 7.15. The number of ketones is 1. The van der Waals surface area contributed by atoms with Gasteiger partial charge in [0, 0.05) is 12.3 Å². The molecule has 1 fully saturated rings. The van der Waals surface area contributed by atoms with Crippen LogP contribution in [0.15, 0.2) is 30.3 Å². The smallest absolute Gasteiger partial charge is 0.138 e. The van der Waals surface area contributed by atoms with Crippen LogP contribution in [0.2, 0.25) is 0 Å². The van der Waals surface area contributed by atoms with E-state index in [1.807, 2.05) is 30.3 Å². The molecule has 0 radical (unpaired) electrons. The fraction of sp³-hybridized carbons (Fsp3) is 0.588. The number of benzene rings is 1. The third-order valence-corrected chi connectivity index (χ3v) is 4.44. The second-order valence-corrected chi connectivity index (χ2v) is 6.77.